The highest BCUT2D eigenvalue weighted by atomic mass is 16.5. The van der Waals surface area contributed by atoms with E-state index in [1.165, 1.54) is 0 Å². The zero-order valence-electron chi connectivity index (χ0n) is 9.59. The van der Waals surface area contributed by atoms with E-state index < -0.39 is 0 Å². The summed E-state index contributed by atoms with van der Waals surface area (Å²) < 4.78 is 10.7. The average molecular weight is 223 g/mol. The van der Waals surface area contributed by atoms with Crippen molar-refractivity contribution < 1.29 is 9.47 Å². The maximum absolute atomic E-state index is 5.89. The third-order valence-electron chi connectivity index (χ3n) is 2.94. The molecule has 1 aliphatic rings. The minimum Gasteiger partial charge on any atom is -0.396 e. The topological polar surface area (TPSA) is 60.6 Å². The normalized spacial score (nSPS) is 25.0. The van der Waals surface area contributed by atoms with Crippen molar-refractivity contribution in [3.05, 3.63) is 18.3 Å². The number of nitrogens with two attached hydrogens (primary N) is 1. The van der Waals surface area contributed by atoms with Crippen LogP contribution in [0.15, 0.2) is 18.3 Å². The summed E-state index contributed by atoms with van der Waals surface area (Å²) in [6, 6.07) is 3.68. The highest BCUT2D eigenvalue weighted by Crippen LogP contribution is 2.25. The molecule has 0 radical (unpaired) electrons. The van der Waals surface area contributed by atoms with Gasteiger partial charge in [0.2, 0.25) is 0 Å². The number of nitrogen functional groups attached to an aromatic ring is 1. The molecule has 5 heteroatoms. The fraction of sp³-hybridized carbons (Fsp3) is 0.545. The molecule has 2 atom stereocenters. The van der Waals surface area contributed by atoms with E-state index >= 15 is 0 Å². The van der Waals surface area contributed by atoms with Gasteiger partial charge in [0.15, 0.2) is 5.82 Å². The molecule has 0 unspecified atom stereocenters. The van der Waals surface area contributed by atoms with E-state index in [1.807, 2.05) is 12.1 Å². The zero-order chi connectivity index (χ0) is 11.5. The summed E-state index contributed by atoms with van der Waals surface area (Å²) in [4.78, 5) is 6.38. The van der Waals surface area contributed by atoms with Gasteiger partial charge < -0.3 is 20.1 Å². The smallest absolute Gasteiger partial charge is 0.151 e. The van der Waals surface area contributed by atoms with Gasteiger partial charge in [-0.1, -0.05) is 0 Å². The molecule has 2 N–H and O–H groups in total. The number of ether oxygens (including phenoxy) is 2. The quantitative estimate of drug-likeness (QED) is 0.809. The Hall–Kier alpha value is -1.33. The maximum Gasteiger partial charge on any atom is 0.151 e. The van der Waals surface area contributed by atoms with Gasteiger partial charge in [-0.25, -0.2) is 4.98 Å². The summed E-state index contributed by atoms with van der Waals surface area (Å²) in [7, 11) is 3.39. The fourth-order valence-electron chi connectivity index (χ4n) is 2.04. The highest BCUT2D eigenvalue weighted by Gasteiger charge is 2.34. The van der Waals surface area contributed by atoms with Crippen molar-refractivity contribution in [2.45, 2.75) is 12.2 Å². The predicted molar refractivity (Wildman–Crippen MR) is 62.5 cm³/mol. The first-order chi connectivity index (χ1) is 7.76. The van der Waals surface area contributed by atoms with Gasteiger partial charge in [-0.05, 0) is 12.1 Å². The van der Waals surface area contributed by atoms with Crippen molar-refractivity contribution in [1.82, 2.24) is 4.98 Å². The molecule has 16 heavy (non-hydrogen) atoms. The fourth-order valence-corrected chi connectivity index (χ4v) is 2.04. The van der Waals surface area contributed by atoms with Crippen molar-refractivity contribution in [2.24, 2.45) is 0 Å². The van der Waals surface area contributed by atoms with Gasteiger partial charge in [0, 0.05) is 33.5 Å². The van der Waals surface area contributed by atoms with Crippen LogP contribution in [0.4, 0.5) is 11.5 Å². The Morgan fingerprint density at radius 2 is 1.94 bits per heavy atom. The minimum atomic E-state index is 0.0754. The van der Waals surface area contributed by atoms with Gasteiger partial charge in [-0.3, -0.25) is 0 Å². The van der Waals surface area contributed by atoms with Crippen molar-refractivity contribution in [2.75, 3.05) is 37.9 Å². The maximum atomic E-state index is 5.89. The second-order valence-electron chi connectivity index (χ2n) is 3.87. The molecule has 1 fully saturated rings. The Morgan fingerprint density at radius 1 is 1.31 bits per heavy atom. The minimum absolute atomic E-state index is 0.0754. The van der Waals surface area contributed by atoms with Crippen LogP contribution in [0.25, 0.3) is 0 Å². The Balaban J connectivity index is 2.16. The summed E-state index contributed by atoms with van der Waals surface area (Å²) >= 11 is 0. The Bertz CT molecular complexity index is 347. The van der Waals surface area contributed by atoms with Crippen molar-refractivity contribution in [3.8, 4) is 0 Å². The molecule has 1 aliphatic heterocycles. The number of pyridine rings is 1. The molecule has 88 valence electrons. The van der Waals surface area contributed by atoms with E-state index in [-0.39, 0.29) is 12.2 Å². The summed E-state index contributed by atoms with van der Waals surface area (Å²) in [6.45, 7) is 1.52. The molecule has 2 heterocycles. The summed E-state index contributed by atoms with van der Waals surface area (Å²) in [6.07, 6.45) is 1.89. The van der Waals surface area contributed by atoms with Gasteiger partial charge in [-0.2, -0.15) is 0 Å². The zero-order valence-corrected chi connectivity index (χ0v) is 9.59. The second-order valence-corrected chi connectivity index (χ2v) is 3.87. The van der Waals surface area contributed by atoms with E-state index in [0.29, 0.717) is 5.69 Å². The van der Waals surface area contributed by atoms with Gasteiger partial charge in [0.05, 0.1) is 5.69 Å². The lowest BCUT2D eigenvalue weighted by molar-refractivity contribution is -0.00461. The average Bonchev–Trinajstić information content (AvgIpc) is 2.72. The molecule has 5 nitrogen and oxygen atoms in total. The SMILES string of the molecule is CO[C@H]1CN(c2ncccc2N)C[C@@H]1OC. The van der Waals surface area contributed by atoms with Crippen LogP contribution in [0.3, 0.4) is 0 Å². The molecular formula is C11H17N3O2. The van der Waals surface area contributed by atoms with E-state index in [9.17, 15) is 0 Å². The monoisotopic (exact) mass is 223 g/mol. The molecule has 1 aromatic rings. The first-order valence-corrected chi connectivity index (χ1v) is 5.27. The van der Waals surface area contributed by atoms with Crippen LogP contribution >= 0.6 is 0 Å². The lowest BCUT2D eigenvalue weighted by Gasteiger charge is -2.18. The molecule has 0 saturated carbocycles. The van der Waals surface area contributed by atoms with E-state index in [2.05, 4.69) is 9.88 Å². The van der Waals surface area contributed by atoms with Crippen LogP contribution in [-0.4, -0.2) is 44.5 Å². The van der Waals surface area contributed by atoms with Gasteiger partial charge >= 0.3 is 0 Å². The first-order valence-electron chi connectivity index (χ1n) is 5.27. The highest BCUT2D eigenvalue weighted by molar-refractivity contribution is 5.62. The summed E-state index contributed by atoms with van der Waals surface area (Å²) in [5.41, 5.74) is 6.58. The van der Waals surface area contributed by atoms with Crippen molar-refractivity contribution in [3.63, 3.8) is 0 Å². The summed E-state index contributed by atoms with van der Waals surface area (Å²) in [5, 5.41) is 0. The van der Waals surface area contributed by atoms with E-state index in [0.717, 1.165) is 18.9 Å². The Labute approximate surface area is 95.2 Å². The molecular weight excluding hydrogens is 206 g/mol. The summed E-state index contributed by atoms with van der Waals surface area (Å²) in [5.74, 6) is 0.809. The Kier molecular flexibility index (Phi) is 3.26. The number of hydrogen-bond acceptors (Lipinski definition) is 5. The predicted octanol–water partition coefficient (Wildman–Crippen LogP) is 0.514. The number of methoxy groups -OCH3 is 2. The molecule has 0 spiro atoms. The molecule has 0 amide bonds. The third kappa shape index (κ3) is 1.96. The van der Waals surface area contributed by atoms with Crippen LogP contribution in [0.1, 0.15) is 0 Å². The Morgan fingerprint density at radius 3 is 2.44 bits per heavy atom. The van der Waals surface area contributed by atoms with Gasteiger partial charge in [-0.15, -0.1) is 0 Å². The van der Waals surface area contributed by atoms with Crippen molar-refractivity contribution >= 4 is 11.5 Å². The molecule has 0 aliphatic carbocycles. The second kappa shape index (κ2) is 4.67. The number of rotatable bonds is 3. The third-order valence-corrected chi connectivity index (χ3v) is 2.94. The van der Waals surface area contributed by atoms with Crippen LogP contribution in [0.2, 0.25) is 0 Å². The molecule has 1 aromatic heterocycles. The first kappa shape index (κ1) is 11.2. The van der Waals surface area contributed by atoms with Gasteiger partial charge in [0.25, 0.3) is 0 Å². The number of nitrogens with zero attached hydrogens (tertiary/aromatic N) is 2. The van der Waals surface area contributed by atoms with Crippen molar-refractivity contribution in [1.29, 1.82) is 0 Å². The largest absolute Gasteiger partial charge is 0.396 e. The number of aromatic nitrogens is 1. The van der Waals surface area contributed by atoms with Crippen LogP contribution in [0, 0.1) is 0 Å². The van der Waals surface area contributed by atoms with Crippen LogP contribution in [-0.2, 0) is 9.47 Å². The van der Waals surface area contributed by atoms with Gasteiger partial charge in [0.1, 0.15) is 12.2 Å². The van der Waals surface area contributed by atoms with E-state index in [4.69, 9.17) is 15.2 Å². The van der Waals surface area contributed by atoms with E-state index in [1.54, 1.807) is 20.4 Å². The van der Waals surface area contributed by atoms with Crippen LogP contribution in [0.5, 0.6) is 0 Å². The van der Waals surface area contributed by atoms with Crippen LogP contribution < -0.4 is 10.6 Å². The lowest BCUT2D eigenvalue weighted by atomic mass is 10.3. The lowest BCUT2D eigenvalue weighted by Crippen LogP contribution is -2.27. The standard InChI is InChI=1S/C11H17N3O2/c1-15-9-6-14(7-10(9)16-2)11-8(12)4-3-5-13-11/h3-5,9-10H,6-7,12H2,1-2H3/t9-,10-/m0/s1. The molecule has 1 saturated heterocycles. The molecule has 2 rings (SSSR count). The molecule has 0 aromatic carbocycles. The number of anilines is 2. The molecule has 0 bridgehead atoms. The number of hydrogen-bond donors (Lipinski definition) is 1.